The van der Waals surface area contributed by atoms with Gasteiger partial charge in [0.1, 0.15) is 23.5 Å². The molecular weight excluding hydrogens is 552 g/mol. The third-order valence-corrected chi connectivity index (χ3v) is 8.65. The first kappa shape index (κ1) is 28.8. The lowest BCUT2D eigenvalue weighted by Gasteiger charge is -2.49. The molecule has 9 nitrogen and oxygen atoms in total. The Kier molecular flexibility index (Phi) is 7.37. The van der Waals surface area contributed by atoms with Gasteiger partial charge in [-0.1, -0.05) is 19.9 Å². The van der Waals surface area contributed by atoms with Crippen molar-refractivity contribution in [1.82, 2.24) is 34.0 Å². The normalized spacial score (nSPS) is 23.1. The Labute approximate surface area is 241 Å². The number of rotatable bonds is 6. The minimum Gasteiger partial charge on any atom is -0.376 e. The van der Waals surface area contributed by atoms with Gasteiger partial charge in [-0.15, -0.1) is 10.2 Å². The first-order chi connectivity index (χ1) is 19.9. The lowest BCUT2D eigenvalue weighted by Crippen LogP contribution is -2.58. The Morgan fingerprint density at radius 1 is 1.10 bits per heavy atom. The van der Waals surface area contributed by atoms with Crippen LogP contribution in [0.2, 0.25) is 0 Å². The summed E-state index contributed by atoms with van der Waals surface area (Å²) in [6.45, 7) is 12.7. The van der Waals surface area contributed by atoms with Gasteiger partial charge in [-0.05, 0) is 57.2 Å². The standard InChI is InChI=1S/C29H36F4N8O/c1-16(2)25(20-8-9-23(30)22(11-20)29(31,32)33)38-12-18(4)39(13-17(38)3)26-24-27(41-15-34-37-28(41)36-26)40(19(5)35-24)14-21-7-6-10-42-21/h8-9,11,15-18,21,25H,6-7,10,12-14H2,1-5H3/t17-,18+,21+,25?/m1/s1. The molecule has 6 rings (SSSR count). The highest BCUT2D eigenvalue weighted by atomic mass is 19.4. The number of alkyl halides is 3. The van der Waals surface area contributed by atoms with Crippen LogP contribution < -0.4 is 4.90 Å². The van der Waals surface area contributed by atoms with Crippen LogP contribution in [0.25, 0.3) is 16.9 Å². The third-order valence-electron chi connectivity index (χ3n) is 8.65. The number of imidazole rings is 1. The minimum atomic E-state index is -4.76. The minimum absolute atomic E-state index is 0.00826. The maximum Gasteiger partial charge on any atom is 0.419 e. The van der Waals surface area contributed by atoms with Gasteiger partial charge in [-0.2, -0.15) is 18.2 Å². The Hall–Kier alpha value is -3.32. The predicted octanol–water partition coefficient (Wildman–Crippen LogP) is 5.42. The lowest BCUT2D eigenvalue weighted by molar-refractivity contribution is -0.140. The second kappa shape index (κ2) is 10.7. The van der Waals surface area contributed by atoms with Crippen molar-refractivity contribution in [3.8, 4) is 0 Å². The van der Waals surface area contributed by atoms with Crippen LogP contribution in [-0.2, 0) is 17.5 Å². The smallest absolute Gasteiger partial charge is 0.376 e. The highest BCUT2D eigenvalue weighted by Crippen LogP contribution is 2.39. The number of halogens is 4. The maximum absolute atomic E-state index is 14.1. The number of aryl methyl sites for hydroxylation is 1. The fourth-order valence-corrected chi connectivity index (χ4v) is 6.70. The average molecular weight is 589 g/mol. The van der Waals surface area contributed by atoms with E-state index in [1.165, 1.54) is 6.07 Å². The Bertz CT molecular complexity index is 1590. The van der Waals surface area contributed by atoms with E-state index in [0.717, 1.165) is 48.6 Å². The zero-order chi connectivity index (χ0) is 29.9. The molecule has 0 amide bonds. The van der Waals surface area contributed by atoms with E-state index in [1.54, 1.807) is 6.33 Å². The molecule has 0 bridgehead atoms. The summed E-state index contributed by atoms with van der Waals surface area (Å²) >= 11 is 0. The number of fused-ring (bicyclic) bond motifs is 3. The van der Waals surface area contributed by atoms with E-state index in [4.69, 9.17) is 14.7 Å². The molecule has 0 aliphatic carbocycles. The monoisotopic (exact) mass is 588 g/mol. The summed E-state index contributed by atoms with van der Waals surface area (Å²) in [5, 5.41) is 8.38. The van der Waals surface area contributed by atoms with E-state index in [2.05, 4.69) is 38.4 Å². The first-order valence-corrected chi connectivity index (χ1v) is 14.5. The SMILES string of the molecule is Cc1nc2c(N3C[C@@H](C)N(C(c4ccc(F)c(C(F)(F)F)c4)C(C)C)C[C@@H]3C)nc3nncn3c2n1C[C@@H]1CCCO1. The molecule has 0 N–H and O–H groups in total. The van der Waals surface area contributed by atoms with E-state index in [-0.39, 0.29) is 30.1 Å². The number of anilines is 1. The van der Waals surface area contributed by atoms with Crippen LogP contribution in [0, 0.1) is 18.7 Å². The van der Waals surface area contributed by atoms with Crippen LogP contribution in [0.15, 0.2) is 24.5 Å². The molecule has 5 heterocycles. The van der Waals surface area contributed by atoms with Gasteiger partial charge in [0, 0.05) is 37.8 Å². The molecule has 1 unspecified atom stereocenters. The van der Waals surface area contributed by atoms with Gasteiger partial charge >= 0.3 is 6.18 Å². The Balaban J connectivity index is 1.36. The van der Waals surface area contributed by atoms with Crippen LogP contribution in [0.4, 0.5) is 23.4 Å². The molecule has 42 heavy (non-hydrogen) atoms. The molecule has 0 saturated carbocycles. The molecule has 3 aromatic heterocycles. The fraction of sp³-hybridized carbons (Fsp3) is 0.586. The number of nitrogens with zero attached hydrogens (tertiary/aromatic N) is 8. The largest absolute Gasteiger partial charge is 0.419 e. The summed E-state index contributed by atoms with van der Waals surface area (Å²) in [7, 11) is 0. The van der Waals surface area contributed by atoms with Crippen molar-refractivity contribution < 1.29 is 22.3 Å². The van der Waals surface area contributed by atoms with Crippen LogP contribution in [0.1, 0.15) is 63.5 Å². The summed E-state index contributed by atoms with van der Waals surface area (Å²) < 4.78 is 64.8. The molecule has 2 saturated heterocycles. The molecule has 1 aromatic carbocycles. The topological polar surface area (TPSA) is 76.6 Å². The van der Waals surface area contributed by atoms with Crippen LogP contribution in [0.3, 0.4) is 0 Å². The molecular formula is C29H36F4N8O. The number of piperazine rings is 1. The van der Waals surface area contributed by atoms with E-state index in [1.807, 2.05) is 25.2 Å². The predicted molar refractivity (Wildman–Crippen MR) is 150 cm³/mol. The summed E-state index contributed by atoms with van der Waals surface area (Å²) in [4.78, 5) is 14.3. The van der Waals surface area contributed by atoms with Crippen molar-refractivity contribution in [2.24, 2.45) is 5.92 Å². The first-order valence-electron chi connectivity index (χ1n) is 14.5. The van der Waals surface area contributed by atoms with Crippen molar-refractivity contribution >= 4 is 22.8 Å². The highest BCUT2D eigenvalue weighted by molar-refractivity contribution is 5.87. The van der Waals surface area contributed by atoms with E-state index >= 15 is 0 Å². The van der Waals surface area contributed by atoms with Crippen LogP contribution in [-0.4, -0.2) is 71.9 Å². The zero-order valence-electron chi connectivity index (χ0n) is 24.4. The van der Waals surface area contributed by atoms with Gasteiger partial charge in [0.25, 0.3) is 5.78 Å². The lowest BCUT2D eigenvalue weighted by atomic mass is 9.90. The number of hydrogen-bond acceptors (Lipinski definition) is 7. The molecule has 2 aliphatic heterocycles. The van der Waals surface area contributed by atoms with Gasteiger partial charge in [-0.25, -0.2) is 13.8 Å². The van der Waals surface area contributed by atoms with Crippen molar-refractivity contribution in [2.45, 2.75) is 84.4 Å². The van der Waals surface area contributed by atoms with E-state index in [0.29, 0.717) is 36.8 Å². The van der Waals surface area contributed by atoms with Crippen LogP contribution in [0.5, 0.6) is 0 Å². The Morgan fingerprint density at radius 2 is 1.88 bits per heavy atom. The fourth-order valence-electron chi connectivity index (χ4n) is 6.70. The number of benzene rings is 1. The molecule has 2 fully saturated rings. The van der Waals surface area contributed by atoms with Crippen molar-refractivity contribution in [1.29, 1.82) is 0 Å². The number of ether oxygens (including phenoxy) is 1. The van der Waals surface area contributed by atoms with Crippen molar-refractivity contribution in [3.63, 3.8) is 0 Å². The summed E-state index contributed by atoms with van der Waals surface area (Å²) in [6, 6.07) is 2.96. The van der Waals surface area contributed by atoms with Crippen molar-refractivity contribution in [2.75, 3.05) is 24.6 Å². The van der Waals surface area contributed by atoms with E-state index < -0.39 is 17.6 Å². The average Bonchev–Trinajstić information content (AvgIpc) is 3.67. The molecule has 4 atom stereocenters. The van der Waals surface area contributed by atoms with E-state index in [9.17, 15) is 17.6 Å². The van der Waals surface area contributed by atoms with Gasteiger partial charge in [-0.3, -0.25) is 4.90 Å². The van der Waals surface area contributed by atoms with Gasteiger partial charge in [0.15, 0.2) is 11.5 Å². The summed E-state index contributed by atoms with van der Waals surface area (Å²) in [6.07, 6.45) is -0.964. The van der Waals surface area contributed by atoms with Crippen LogP contribution >= 0.6 is 0 Å². The molecule has 226 valence electrons. The van der Waals surface area contributed by atoms with Crippen molar-refractivity contribution in [3.05, 3.63) is 47.3 Å². The van der Waals surface area contributed by atoms with Gasteiger partial charge in [0.05, 0.1) is 18.2 Å². The Morgan fingerprint density at radius 3 is 2.57 bits per heavy atom. The second-order valence-corrected chi connectivity index (χ2v) is 12.0. The zero-order valence-corrected chi connectivity index (χ0v) is 24.4. The molecule has 2 aliphatic rings. The van der Waals surface area contributed by atoms with Gasteiger partial charge in [0.2, 0.25) is 0 Å². The number of hydrogen-bond donors (Lipinski definition) is 0. The molecule has 13 heteroatoms. The molecule has 0 radical (unpaired) electrons. The molecule has 4 aromatic rings. The maximum atomic E-state index is 14.1. The quantitative estimate of drug-likeness (QED) is 0.279. The summed E-state index contributed by atoms with van der Waals surface area (Å²) in [5.41, 5.74) is 0.840. The second-order valence-electron chi connectivity index (χ2n) is 12.0. The third kappa shape index (κ3) is 5.00. The van der Waals surface area contributed by atoms with Gasteiger partial charge < -0.3 is 14.2 Å². The number of aromatic nitrogens is 6. The molecule has 0 spiro atoms. The highest BCUT2D eigenvalue weighted by Gasteiger charge is 2.39. The summed E-state index contributed by atoms with van der Waals surface area (Å²) in [5.74, 6) is 0.764.